The van der Waals surface area contributed by atoms with Gasteiger partial charge in [0.1, 0.15) is 5.82 Å². The largest absolute Gasteiger partial charge is 0.322 e. The van der Waals surface area contributed by atoms with Crippen LogP contribution in [0.15, 0.2) is 91.1 Å². The summed E-state index contributed by atoms with van der Waals surface area (Å²) in [7, 11) is 0. The van der Waals surface area contributed by atoms with Crippen LogP contribution in [0.3, 0.4) is 0 Å². The molecule has 0 aliphatic carbocycles. The van der Waals surface area contributed by atoms with E-state index in [4.69, 9.17) is 5.10 Å². The molecule has 0 unspecified atom stereocenters. The molecule has 2 amide bonds. The van der Waals surface area contributed by atoms with Gasteiger partial charge in [-0.25, -0.2) is 9.48 Å². The lowest BCUT2D eigenvalue weighted by atomic mass is 10.00. The van der Waals surface area contributed by atoms with Crippen LogP contribution in [-0.4, -0.2) is 25.3 Å². The Hall–Kier alpha value is -4.58. The molecule has 6 nitrogen and oxygen atoms in total. The molecule has 1 aliphatic heterocycles. The van der Waals surface area contributed by atoms with Crippen LogP contribution in [0.4, 0.5) is 10.5 Å². The van der Waals surface area contributed by atoms with Crippen LogP contribution in [-0.2, 0) is 13.0 Å². The van der Waals surface area contributed by atoms with Gasteiger partial charge in [0.2, 0.25) is 0 Å². The summed E-state index contributed by atoms with van der Waals surface area (Å²) in [5.41, 5.74) is 9.28. The third-order valence-corrected chi connectivity index (χ3v) is 7.56. The molecule has 1 aliphatic rings. The summed E-state index contributed by atoms with van der Waals surface area (Å²) >= 11 is 0. The second-order valence-electron chi connectivity index (χ2n) is 10.3. The fourth-order valence-corrected chi connectivity index (χ4v) is 5.60. The number of hydrogen-bond acceptors (Lipinski definition) is 2. The molecule has 3 aromatic carbocycles. The van der Waals surface area contributed by atoms with Crippen molar-refractivity contribution in [1.82, 2.24) is 19.2 Å². The number of para-hydroxylation sites is 1. The van der Waals surface area contributed by atoms with Gasteiger partial charge in [-0.3, -0.25) is 0 Å². The fourth-order valence-electron chi connectivity index (χ4n) is 5.60. The highest BCUT2D eigenvalue weighted by atomic mass is 16.2. The van der Waals surface area contributed by atoms with Gasteiger partial charge in [-0.15, -0.1) is 0 Å². The van der Waals surface area contributed by atoms with Gasteiger partial charge in [-0.1, -0.05) is 67.1 Å². The van der Waals surface area contributed by atoms with Gasteiger partial charge < -0.3 is 14.8 Å². The van der Waals surface area contributed by atoms with Gasteiger partial charge in [0.05, 0.1) is 29.7 Å². The van der Waals surface area contributed by atoms with Crippen LogP contribution >= 0.6 is 0 Å². The summed E-state index contributed by atoms with van der Waals surface area (Å²) in [6.45, 7) is 8.72. The predicted molar refractivity (Wildman–Crippen MR) is 156 cm³/mol. The van der Waals surface area contributed by atoms with E-state index in [9.17, 15) is 4.79 Å². The summed E-state index contributed by atoms with van der Waals surface area (Å²) in [5.74, 6) is 0.984. The van der Waals surface area contributed by atoms with Crippen molar-refractivity contribution < 1.29 is 4.79 Å². The molecule has 0 spiro atoms. The number of aromatic nitrogens is 3. The molecule has 6 heteroatoms. The van der Waals surface area contributed by atoms with Crippen molar-refractivity contribution in [2.45, 2.75) is 46.7 Å². The molecule has 5 aromatic rings. The van der Waals surface area contributed by atoms with E-state index in [1.54, 1.807) is 0 Å². The highest BCUT2D eigenvalue weighted by molar-refractivity contribution is 5.91. The third kappa shape index (κ3) is 4.42. The quantitative estimate of drug-likeness (QED) is 0.273. The standard InChI is InChI=1S/C33H33N5O/c1-5-28-27-21-37(33(39)34-29-20-23(3)16-17-24(29)4)31(25-12-9-11-22(2)19-25)30-15-10-18-36(30)32(27)38(35-28)26-13-7-6-8-14-26/h6-20,31H,5,21H2,1-4H3,(H,34,39)/t31-/m0/s1. The molecule has 0 fully saturated rings. The summed E-state index contributed by atoms with van der Waals surface area (Å²) < 4.78 is 4.24. The van der Waals surface area contributed by atoms with Crippen LogP contribution in [0.2, 0.25) is 0 Å². The lowest BCUT2D eigenvalue weighted by Crippen LogP contribution is -2.38. The van der Waals surface area contributed by atoms with Crippen molar-refractivity contribution in [2.24, 2.45) is 0 Å². The Morgan fingerprint density at radius 2 is 1.72 bits per heavy atom. The molecule has 1 atom stereocenters. The maximum Gasteiger partial charge on any atom is 0.322 e. The van der Waals surface area contributed by atoms with Gasteiger partial charge in [0.25, 0.3) is 0 Å². The van der Waals surface area contributed by atoms with E-state index >= 15 is 0 Å². The van der Waals surface area contributed by atoms with Gasteiger partial charge in [-0.05, 0) is 74.2 Å². The minimum absolute atomic E-state index is 0.134. The van der Waals surface area contributed by atoms with E-state index in [0.717, 1.165) is 62.8 Å². The van der Waals surface area contributed by atoms with Crippen LogP contribution in [0.25, 0.3) is 11.5 Å². The number of nitrogens with zero attached hydrogens (tertiary/aromatic N) is 4. The van der Waals surface area contributed by atoms with Crippen molar-refractivity contribution in [1.29, 1.82) is 0 Å². The Morgan fingerprint density at radius 1 is 0.923 bits per heavy atom. The number of fused-ring (bicyclic) bond motifs is 3. The zero-order chi connectivity index (χ0) is 27.1. The summed E-state index contributed by atoms with van der Waals surface area (Å²) in [5, 5.41) is 8.30. The number of carbonyl (C=O) groups excluding carboxylic acids is 1. The summed E-state index contributed by atoms with van der Waals surface area (Å²) in [6, 6.07) is 28.6. The highest BCUT2D eigenvalue weighted by Gasteiger charge is 2.36. The van der Waals surface area contributed by atoms with Gasteiger partial charge >= 0.3 is 6.03 Å². The average molecular weight is 516 g/mol. The summed E-state index contributed by atoms with van der Waals surface area (Å²) in [4.78, 5) is 16.2. The van der Waals surface area contributed by atoms with Gasteiger partial charge in [0, 0.05) is 17.4 Å². The Kier molecular flexibility index (Phi) is 6.31. The minimum Gasteiger partial charge on any atom is -0.308 e. The van der Waals surface area contributed by atoms with E-state index in [1.807, 2.05) is 53.8 Å². The molecule has 2 aromatic heterocycles. The van der Waals surface area contributed by atoms with Crippen molar-refractivity contribution in [3.8, 4) is 11.5 Å². The molecular weight excluding hydrogens is 482 g/mol. The first-order valence-corrected chi connectivity index (χ1v) is 13.5. The lowest BCUT2D eigenvalue weighted by molar-refractivity contribution is 0.194. The molecule has 0 radical (unpaired) electrons. The Morgan fingerprint density at radius 3 is 2.49 bits per heavy atom. The zero-order valence-corrected chi connectivity index (χ0v) is 22.8. The smallest absolute Gasteiger partial charge is 0.308 e. The second-order valence-corrected chi connectivity index (χ2v) is 10.3. The maximum absolute atomic E-state index is 14.2. The van der Waals surface area contributed by atoms with Crippen molar-refractivity contribution >= 4 is 11.7 Å². The molecule has 0 saturated carbocycles. The first-order chi connectivity index (χ1) is 18.9. The normalized spacial score (nSPS) is 14.5. The fraction of sp³-hybridized carbons (Fsp3) is 0.212. The van der Waals surface area contributed by atoms with Crippen LogP contribution < -0.4 is 5.32 Å². The Bertz CT molecular complexity index is 1660. The molecule has 1 N–H and O–H groups in total. The van der Waals surface area contributed by atoms with E-state index in [0.29, 0.717) is 6.54 Å². The van der Waals surface area contributed by atoms with E-state index in [1.165, 1.54) is 0 Å². The molecule has 0 bridgehead atoms. The number of carbonyl (C=O) groups is 1. The second kappa shape index (κ2) is 9.95. The number of benzene rings is 3. The molecular formula is C33H33N5O. The van der Waals surface area contributed by atoms with Crippen LogP contribution in [0.1, 0.15) is 52.2 Å². The predicted octanol–water partition coefficient (Wildman–Crippen LogP) is 7.29. The average Bonchev–Trinajstić information content (AvgIpc) is 3.52. The van der Waals surface area contributed by atoms with E-state index in [2.05, 4.69) is 84.5 Å². The molecule has 3 heterocycles. The van der Waals surface area contributed by atoms with E-state index < -0.39 is 0 Å². The summed E-state index contributed by atoms with van der Waals surface area (Å²) in [6.07, 6.45) is 2.85. The first kappa shape index (κ1) is 24.7. The number of rotatable bonds is 4. The minimum atomic E-state index is -0.286. The monoisotopic (exact) mass is 515 g/mol. The topological polar surface area (TPSA) is 55.1 Å². The maximum atomic E-state index is 14.2. The SMILES string of the molecule is CCc1nn(-c2ccccc2)c2c1CN(C(=O)Nc1cc(C)ccc1C)[C@@H](c1cccc(C)c1)c1cccn1-2. The van der Waals surface area contributed by atoms with Crippen LogP contribution in [0.5, 0.6) is 0 Å². The number of anilines is 1. The number of nitrogens with one attached hydrogen (secondary N) is 1. The molecule has 6 rings (SSSR count). The number of hydrogen-bond donors (Lipinski definition) is 1. The highest BCUT2D eigenvalue weighted by Crippen LogP contribution is 2.39. The van der Waals surface area contributed by atoms with E-state index in [-0.39, 0.29) is 12.1 Å². The molecule has 0 saturated heterocycles. The van der Waals surface area contributed by atoms with Crippen molar-refractivity contribution in [3.05, 3.63) is 130 Å². The Balaban J connectivity index is 1.56. The van der Waals surface area contributed by atoms with Crippen molar-refractivity contribution in [2.75, 3.05) is 5.32 Å². The Labute approximate surface area is 229 Å². The molecule has 39 heavy (non-hydrogen) atoms. The van der Waals surface area contributed by atoms with Crippen molar-refractivity contribution in [3.63, 3.8) is 0 Å². The molecule has 196 valence electrons. The first-order valence-electron chi connectivity index (χ1n) is 13.5. The number of urea groups is 1. The van der Waals surface area contributed by atoms with Crippen LogP contribution in [0, 0.1) is 20.8 Å². The zero-order valence-electron chi connectivity index (χ0n) is 22.8. The third-order valence-electron chi connectivity index (χ3n) is 7.56. The van der Waals surface area contributed by atoms with Gasteiger partial charge in [-0.2, -0.15) is 5.10 Å². The number of amides is 2. The lowest BCUT2D eigenvalue weighted by Gasteiger charge is -2.31. The van der Waals surface area contributed by atoms with Gasteiger partial charge in [0.15, 0.2) is 0 Å². The number of aryl methyl sites for hydroxylation is 4.